The molecule has 1 aromatic carbocycles. The predicted molar refractivity (Wildman–Crippen MR) is 87.6 cm³/mol. The summed E-state index contributed by atoms with van der Waals surface area (Å²) in [4.78, 5) is 7.98. The average molecular weight is 320 g/mol. The van der Waals surface area contributed by atoms with Crippen LogP contribution in [0.15, 0.2) is 36.0 Å². The molecule has 3 aromatic rings. The lowest BCUT2D eigenvalue weighted by Gasteiger charge is -2.10. The van der Waals surface area contributed by atoms with Gasteiger partial charge in [-0.1, -0.05) is 11.6 Å². The Kier molecular flexibility index (Phi) is 4.22. The van der Waals surface area contributed by atoms with E-state index in [-0.39, 0.29) is 0 Å². The molecule has 0 saturated heterocycles. The van der Waals surface area contributed by atoms with Crippen molar-refractivity contribution in [2.45, 2.75) is 6.42 Å². The van der Waals surface area contributed by atoms with Crippen LogP contribution in [0.25, 0.3) is 10.1 Å². The van der Waals surface area contributed by atoms with Crippen molar-refractivity contribution in [2.75, 3.05) is 19.0 Å². The molecule has 21 heavy (non-hydrogen) atoms. The Morgan fingerprint density at radius 3 is 3.00 bits per heavy atom. The predicted octanol–water partition coefficient (Wildman–Crippen LogP) is 4.01. The molecule has 108 valence electrons. The summed E-state index contributed by atoms with van der Waals surface area (Å²) < 4.78 is 6.75. The van der Waals surface area contributed by atoms with Crippen molar-refractivity contribution in [3.63, 3.8) is 0 Å². The first-order valence-corrected chi connectivity index (χ1v) is 7.77. The van der Waals surface area contributed by atoms with Gasteiger partial charge >= 0.3 is 0 Å². The third-order valence-electron chi connectivity index (χ3n) is 3.19. The molecule has 0 bridgehead atoms. The molecule has 4 nitrogen and oxygen atoms in total. The average Bonchev–Trinajstić information content (AvgIpc) is 2.93. The number of anilines is 1. The van der Waals surface area contributed by atoms with Gasteiger partial charge in [-0.05, 0) is 40.9 Å². The van der Waals surface area contributed by atoms with Crippen molar-refractivity contribution >= 4 is 38.8 Å². The molecule has 3 rings (SSSR count). The Morgan fingerprint density at radius 1 is 1.29 bits per heavy atom. The summed E-state index contributed by atoms with van der Waals surface area (Å²) in [5, 5.41) is 6.99. The van der Waals surface area contributed by atoms with Crippen molar-refractivity contribution in [2.24, 2.45) is 0 Å². The van der Waals surface area contributed by atoms with Crippen molar-refractivity contribution in [3.05, 3.63) is 46.7 Å². The minimum absolute atomic E-state index is 0.435. The van der Waals surface area contributed by atoms with Crippen molar-refractivity contribution in [3.8, 4) is 5.75 Å². The van der Waals surface area contributed by atoms with E-state index in [1.807, 2.05) is 0 Å². The van der Waals surface area contributed by atoms with Crippen molar-refractivity contribution < 1.29 is 4.74 Å². The lowest BCUT2D eigenvalue weighted by molar-refractivity contribution is 0.410. The molecule has 0 atom stereocenters. The van der Waals surface area contributed by atoms with E-state index in [1.165, 1.54) is 22.0 Å². The first-order valence-electron chi connectivity index (χ1n) is 6.52. The topological polar surface area (TPSA) is 47.0 Å². The van der Waals surface area contributed by atoms with E-state index in [4.69, 9.17) is 16.3 Å². The number of fused-ring (bicyclic) bond motifs is 1. The van der Waals surface area contributed by atoms with Gasteiger partial charge in [0, 0.05) is 17.3 Å². The minimum Gasteiger partial charge on any atom is -0.496 e. The molecular weight excluding hydrogens is 306 g/mol. The normalized spacial score (nSPS) is 10.8. The van der Waals surface area contributed by atoms with Crippen LogP contribution in [0.5, 0.6) is 5.75 Å². The lowest BCUT2D eigenvalue weighted by Crippen LogP contribution is -2.07. The number of methoxy groups -OCH3 is 1. The van der Waals surface area contributed by atoms with E-state index in [1.54, 1.807) is 24.5 Å². The molecule has 2 heterocycles. The number of hydrogen-bond acceptors (Lipinski definition) is 5. The summed E-state index contributed by atoms with van der Waals surface area (Å²) in [7, 11) is 1.70. The van der Waals surface area contributed by atoms with Crippen LogP contribution in [0.4, 0.5) is 5.82 Å². The Morgan fingerprint density at radius 2 is 2.19 bits per heavy atom. The quantitative estimate of drug-likeness (QED) is 0.722. The number of rotatable bonds is 5. The van der Waals surface area contributed by atoms with Crippen LogP contribution < -0.4 is 10.1 Å². The highest BCUT2D eigenvalue weighted by Gasteiger charge is 2.06. The summed E-state index contributed by atoms with van der Waals surface area (Å²) in [6.45, 7) is 0.751. The zero-order valence-electron chi connectivity index (χ0n) is 11.5. The molecule has 0 saturated carbocycles. The van der Waals surface area contributed by atoms with Crippen LogP contribution in [0.1, 0.15) is 5.56 Å². The van der Waals surface area contributed by atoms with Crippen molar-refractivity contribution in [1.29, 1.82) is 0 Å². The molecule has 0 aliphatic heterocycles. The fraction of sp³-hybridized carbons (Fsp3) is 0.200. The minimum atomic E-state index is 0.435. The Hall–Kier alpha value is -1.85. The third kappa shape index (κ3) is 3.25. The van der Waals surface area contributed by atoms with Gasteiger partial charge in [-0.2, -0.15) is 0 Å². The van der Waals surface area contributed by atoms with E-state index in [9.17, 15) is 0 Å². The van der Waals surface area contributed by atoms with Crippen LogP contribution >= 0.6 is 22.9 Å². The molecule has 0 amide bonds. The molecule has 6 heteroatoms. The van der Waals surface area contributed by atoms with Crippen LogP contribution in [0.2, 0.25) is 5.15 Å². The largest absolute Gasteiger partial charge is 0.496 e. The highest BCUT2D eigenvalue weighted by atomic mass is 35.5. The first kappa shape index (κ1) is 14.1. The van der Waals surface area contributed by atoms with Crippen LogP contribution in [0, 0.1) is 0 Å². The molecule has 0 radical (unpaired) electrons. The number of benzene rings is 1. The lowest BCUT2D eigenvalue weighted by atomic mass is 10.1. The number of nitrogens with zero attached hydrogens (tertiary/aromatic N) is 2. The standard InChI is InChI=1S/C15H14ClN3OS/c1-20-12-6-11-3-5-21-13(11)7-10(12)2-4-17-15-8-14(16)18-9-19-15/h3,5-9H,2,4H2,1H3,(H,17,18,19). The van der Waals surface area contributed by atoms with Crippen LogP contribution in [-0.2, 0) is 6.42 Å². The maximum Gasteiger partial charge on any atom is 0.134 e. The number of hydrogen-bond donors (Lipinski definition) is 1. The number of halogens is 1. The van der Waals surface area contributed by atoms with Gasteiger partial charge in [0.1, 0.15) is 23.0 Å². The highest BCUT2D eigenvalue weighted by molar-refractivity contribution is 7.17. The van der Waals surface area contributed by atoms with Gasteiger partial charge < -0.3 is 10.1 Å². The molecule has 0 fully saturated rings. The second kappa shape index (κ2) is 6.28. The third-order valence-corrected chi connectivity index (χ3v) is 4.28. The molecular formula is C15H14ClN3OS. The molecule has 0 unspecified atom stereocenters. The zero-order valence-corrected chi connectivity index (χ0v) is 13.0. The Bertz CT molecular complexity index is 760. The maximum atomic E-state index is 5.83. The maximum absolute atomic E-state index is 5.83. The van der Waals surface area contributed by atoms with Gasteiger partial charge in [0.25, 0.3) is 0 Å². The molecule has 1 N–H and O–H groups in total. The van der Waals surface area contributed by atoms with Crippen LogP contribution in [0.3, 0.4) is 0 Å². The Labute approximate surface area is 131 Å². The summed E-state index contributed by atoms with van der Waals surface area (Å²) in [5.41, 5.74) is 1.18. The molecule has 0 spiro atoms. The number of thiophene rings is 1. The summed E-state index contributed by atoms with van der Waals surface area (Å²) in [5.74, 6) is 1.65. The fourth-order valence-corrected chi connectivity index (χ4v) is 3.15. The Balaban J connectivity index is 1.72. The first-order chi connectivity index (χ1) is 10.3. The van der Waals surface area contributed by atoms with Gasteiger partial charge in [-0.3, -0.25) is 0 Å². The highest BCUT2D eigenvalue weighted by Crippen LogP contribution is 2.29. The van der Waals surface area contributed by atoms with E-state index in [0.29, 0.717) is 5.15 Å². The van der Waals surface area contributed by atoms with Crippen LogP contribution in [-0.4, -0.2) is 23.6 Å². The summed E-state index contributed by atoms with van der Waals surface area (Å²) in [6, 6.07) is 8.09. The zero-order chi connectivity index (χ0) is 14.7. The van der Waals surface area contributed by atoms with Gasteiger partial charge in [-0.25, -0.2) is 9.97 Å². The van der Waals surface area contributed by atoms with Crippen molar-refractivity contribution in [1.82, 2.24) is 9.97 Å². The summed E-state index contributed by atoms with van der Waals surface area (Å²) in [6.07, 6.45) is 2.29. The number of nitrogens with one attached hydrogen (secondary N) is 1. The molecule has 0 aliphatic rings. The molecule has 0 aliphatic carbocycles. The van der Waals surface area contributed by atoms with Gasteiger partial charge in [0.2, 0.25) is 0 Å². The van der Waals surface area contributed by atoms with Gasteiger partial charge in [0.05, 0.1) is 7.11 Å². The monoisotopic (exact) mass is 319 g/mol. The summed E-state index contributed by atoms with van der Waals surface area (Å²) >= 11 is 7.57. The second-order valence-corrected chi connectivity index (χ2v) is 5.86. The number of aromatic nitrogens is 2. The molecule has 2 aromatic heterocycles. The van der Waals surface area contributed by atoms with E-state index < -0.39 is 0 Å². The van der Waals surface area contributed by atoms with E-state index >= 15 is 0 Å². The van der Waals surface area contributed by atoms with E-state index in [2.05, 4.69) is 38.9 Å². The van der Waals surface area contributed by atoms with Gasteiger partial charge in [0.15, 0.2) is 0 Å². The fourth-order valence-electron chi connectivity index (χ4n) is 2.17. The van der Waals surface area contributed by atoms with E-state index in [0.717, 1.165) is 24.5 Å². The number of ether oxygens (including phenoxy) is 1. The smallest absolute Gasteiger partial charge is 0.134 e. The second-order valence-electron chi connectivity index (χ2n) is 4.53. The SMILES string of the molecule is COc1cc2ccsc2cc1CCNc1cc(Cl)ncn1. The van der Waals surface area contributed by atoms with Gasteiger partial charge in [-0.15, -0.1) is 11.3 Å².